The third-order valence-corrected chi connectivity index (χ3v) is 8.53. The van der Waals surface area contributed by atoms with E-state index < -0.39 is 78.0 Å². The number of Topliss-reactive ketones (excluding diaryl/α,β-unsaturated/α-hetero) is 1. The van der Waals surface area contributed by atoms with Crippen LogP contribution in [0.15, 0.2) is 23.1 Å². The fraction of sp³-hybridized carbons (Fsp3) is 0.667. The third kappa shape index (κ3) is 6.72. The molecule has 8 nitrogen and oxygen atoms in total. The Morgan fingerprint density at radius 2 is 1.92 bits per heavy atom. The molecule has 0 aromatic carbocycles. The Balaban J connectivity index is 1.98. The number of alkyl halides is 3. The van der Waals surface area contributed by atoms with Crippen LogP contribution in [-0.4, -0.2) is 70.3 Å². The number of halogens is 3. The number of epoxide rings is 1. The molecular weight excluding hydrogens is 539 g/mol. The standard InChI is InChI=1S/C27H36F3NO7S/c1-14-8-7-9-26(27(28,29)30)20(38-26)11-18(15(2)10-17-13-39-24(31-17)36-6)37-21(33)12-19(32)25(4,5)23(35)16(3)22(14)34/h7-8,10,13-14,16,18-20,22,32,34H,9,11-12H2,1-6H3/b8-7+,15-10+/t14-,16+,18-,19-,20?,22-,26?/m0/s1. The predicted octanol–water partition coefficient (Wildman–Crippen LogP) is 4.50. The molecule has 3 heterocycles. The van der Waals surface area contributed by atoms with Crippen LogP contribution in [0.5, 0.6) is 5.19 Å². The van der Waals surface area contributed by atoms with Crippen LogP contribution in [0.3, 0.4) is 0 Å². The summed E-state index contributed by atoms with van der Waals surface area (Å²) in [4.78, 5) is 30.3. The quantitative estimate of drug-likeness (QED) is 0.307. The second kappa shape index (κ2) is 11.7. The molecule has 0 saturated carbocycles. The number of rotatable bonds is 3. The van der Waals surface area contributed by atoms with Crippen LogP contribution >= 0.6 is 11.3 Å². The maximum absolute atomic E-state index is 14.1. The SMILES string of the molecule is COc1nc(/C=C(\C)[C@@H]2CC3OC3(C(F)(F)F)C/C=C/[C@H](C)[C@H](O)[C@@H](C)C(=O)C(C)(C)[C@@H](O)CC(=O)O2)cs1. The van der Waals surface area contributed by atoms with Gasteiger partial charge in [-0.2, -0.15) is 13.2 Å². The molecule has 1 saturated heterocycles. The van der Waals surface area contributed by atoms with Gasteiger partial charge in [0.05, 0.1) is 36.8 Å². The number of carbonyl (C=O) groups excluding carboxylic acids is 2. The molecule has 0 aliphatic carbocycles. The van der Waals surface area contributed by atoms with Gasteiger partial charge in [0.1, 0.15) is 18.0 Å². The smallest absolute Gasteiger partial charge is 0.420 e. The molecule has 2 unspecified atom stereocenters. The molecule has 0 amide bonds. The number of carbonyl (C=O) groups is 2. The number of hydrogen-bond acceptors (Lipinski definition) is 9. The number of aliphatic hydroxyl groups excluding tert-OH is 2. The number of ether oxygens (including phenoxy) is 3. The molecule has 0 radical (unpaired) electrons. The molecule has 2 aliphatic heterocycles. The van der Waals surface area contributed by atoms with Crippen molar-refractivity contribution in [3.8, 4) is 5.19 Å². The molecule has 1 aromatic rings. The highest BCUT2D eigenvalue weighted by molar-refractivity contribution is 7.11. The van der Waals surface area contributed by atoms with Crippen molar-refractivity contribution in [3.63, 3.8) is 0 Å². The fourth-order valence-electron chi connectivity index (χ4n) is 4.83. The first-order valence-electron chi connectivity index (χ1n) is 12.7. The van der Waals surface area contributed by atoms with E-state index in [9.17, 15) is 33.0 Å². The van der Waals surface area contributed by atoms with Gasteiger partial charge < -0.3 is 24.4 Å². The van der Waals surface area contributed by atoms with E-state index >= 15 is 0 Å². The molecule has 0 bridgehead atoms. The molecule has 2 N–H and O–H groups in total. The van der Waals surface area contributed by atoms with E-state index in [-0.39, 0.29) is 6.42 Å². The lowest BCUT2D eigenvalue weighted by atomic mass is 9.73. The van der Waals surface area contributed by atoms with Gasteiger partial charge in [0.2, 0.25) is 0 Å². The zero-order chi connectivity index (χ0) is 29.3. The number of hydrogen-bond donors (Lipinski definition) is 2. The number of aliphatic hydroxyl groups is 2. The van der Waals surface area contributed by atoms with Gasteiger partial charge in [-0.15, -0.1) is 0 Å². The van der Waals surface area contributed by atoms with E-state index in [1.807, 2.05) is 0 Å². The Bertz CT molecular complexity index is 1120. The molecule has 1 fully saturated rings. The Labute approximate surface area is 229 Å². The number of cyclic esters (lactones) is 1. The van der Waals surface area contributed by atoms with E-state index in [1.165, 1.54) is 51.4 Å². The van der Waals surface area contributed by atoms with Gasteiger partial charge in [-0.25, -0.2) is 4.98 Å². The minimum atomic E-state index is -4.70. The maximum atomic E-state index is 14.1. The molecule has 1 aromatic heterocycles. The van der Waals surface area contributed by atoms with Crippen LogP contribution in [-0.2, 0) is 19.1 Å². The highest BCUT2D eigenvalue weighted by Gasteiger charge is 2.72. The Morgan fingerprint density at radius 3 is 2.51 bits per heavy atom. The monoisotopic (exact) mass is 575 g/mol. The molecule has 12 heteroatoms. The number of thiazole rings is 1. The van der Waals surface area contributed by atoms with Gasteiger partial charge in [0.25, 0.3) is 5.19 Å². The second-order valence-electron chi connectivity index (χ2n) is 10.9. The topological polar surface area (TPSA) is 118 Å². The van der Waals surface area contributed by atoms with Crippen molar-refractivity contribution in [2.24, 2.45) is 17.3 Å². The Kier molecular flexibility index (Phi) is 9.36. The summed E-state index contributed by atoms with van der Waals surface area (Å²) in [7, 11) is 1.46. The van der Waals surface area contributed by atoms with Crippen LogP contribution in [0, 0.1) is 17.3 Å². The molecule has 218 valence electrons. The van der Waals surface area contributed by atoms with Gasteiger partial charge >= 0.3 is 12.1 Å². The Morgan fingerprint density at radius 1 is 1.26 bits per heavy atom. The average Bonchev–Trinajstić information content (AvgIpc) is 3.38. The van der Waals surface area contributed by atoms with E-state index in [4.69, 9.17) is 14.2 Å². The van der Waals surface area contributed by atoms with Gasteiger partial charge in [-0.1, -0.05) is 51.2 Å². The average molecular weight is 576 g/mol. The first-order chi connectivity index (χ1) is 18.0. The minimum absolute atomic E-state index is 0.281. The molecule has 0 spiro atoms. The summed E-state index contributed by atoms with van der Waals surface area (Å²) in [6, 6.07) is 0. The first kappa shape index (κ1) is 31.3. The first-order valence-corrected chi connectivity index (χ1v) is 13.6. The van der Waals surface area contributed by atoms with E-state index in [0.717, 1.165) is 0 Å². The van der Waals surface area contributed by atoms with Crippen molar-refractivity contribution >= 4 is 29.2 Å². The van der Waals surface area contributed by atoms with Crippen molar-refractivity contribution < 1.29 is 47.2 Å². The Hall–Kier alpha value is -2.28. The van der Waals surface area contributed by atoms with Crippen LogP contribution in [0.4, 0.5) is 13.2 Å². The predicted molar refractivity (Wildman–Crippen MR) is 138 cm³/mol. The van der Waals surface area contributed by atoms with Crippen molar-refractivity contribution in [1.29, 1.82) is 0 Å². The summed E-state index contributed by atoms with van der Waals surface area (Å²) in [5.41, 5.74) is -2.96. The van der Waals surface area contributed by atoms with E-state index in [2.05, 4.69) is 4.98 Å². The van der Waals surface area contributed by atoms with E-state index in [1.54, 1.807) is 25.3 Å². The van der Waals surface area contributed by atoms with Crippen LogP contribution in [0.25, 0.3) is 6.08 Å². The number of nitrogens with zero attached hydrogens (tertiary/aromatic N) is 1. The largest absolute Gasteiger partial charge is 0.473 e. The zero-order valence-electron chi connectivity index (χ0n) is 22.8. The van der Waals surface area contributed by atoms with Crippen LogP contribution in [0.2, 0.25) is 0 Å². The van der Waals surface area contributed by atoms with Crippen molar-refractivity contribution in [2.75, 3.05) is 7.11 Å². The second-order valence-corrected chi connectivity index (χ2v) is 11.7. The summed E-state index contributed by atoms with van der Waals surface area (Å²) >= 11 is 1.23. The van der Waals surface area contributed by atoms with Gasteiger partial charge in [-0.05, 0) is 18.6 Å². The van der Waals surface area contributed by atoms with E-state index in [0.29, 0.717) is 16.5 Å². The summed E-state index contributed by atoms with van der Waals surface area (Å²) in [6.07, 6.45) is -6.79. The number of ketones is 1. The molecule has 2 aliphatic rings. The summed E-state index contributed by atoms with van der Waals surface area (Å²) in [5, 5.41) is 23.6. The molecule has 39 heavy (non-hydrogen) atoms. The summed E-state index contributed by atoms with van der Waals surface area (Å²) in [5.74, 6) is -2.97. The summed E-state index contributed by atoms with van der Waals surface area (Å²) < 4.78 is 58.3. The molecule has 3 rings (SSSR count). The highest BCUT2D eigenvalue weighted by atomic mass is 32.1. The minimum Gasteiger partial charge on any atom is -0.473 e. The number of aromatic nitrogens is 1. The lowest BCUT2D eigenvalue weighted by Crippen LogP contribution is -2.45. The highest BCUT2D eigenvalue weighted by Crippen LogP contribution is 2.54. The van der Waals surface area contributed by atoms with Crippen molar-refractivity contribution in [2.45, 2.75) is 90.1 Å². The molecular formula is C27H36F3NO7S. The van der Waals surface area contributed by atoms with Crippen LogP contribution in [0.1, 0.15) is 59.6 Å². The zero-order valence-corrected chi connectivity index (χ0v) is 23.6. The summed E-state index contributed by atoms with van der Waals surface area (Å²) in [6.45, 7) is 7.65. The van der Waals surface area contributed by atoms with Crippen molar-refractivity contribution in [1.82, 2.24) is 4.98 Å². The maximum Gasteiger partial charge on any atom is 0.420 e. The normalized spacial score (nSPS) is 35.6. The number of esters is 1. The fourth-order valence-corrected chi connectivity index (χ4v) is 5.43. The number of methoxy groups -OCH3 is 1. The number of fused-ring (bicyclic) bond motifs is 1. The third-order valence-electron chi connectivity index (χ3n) is 7.71. The van der Waals surface area contributed by atoms with Crippen molar-refractivity contribution in [3.05, 3.63) is 28.8 Å². The molecule has 7 atom stereocenters. The van der Waals surface area contributed by atoms with Gasteiger partial charge in [0.15, 0.2) is 5.60 Å². The lowest BCUT2D eigenvalue weighted by Gasteiger charge is -2.34. The van der Waals surface area contributed by atoms with Gasteiger partial charge in [0, 0.05) is 30.1 Å². The van der Waals surface area contributed by atoms with Crippen LogP contribution < -0.4 is 4.74 Å². The lowest BCUT2D eigenvalue weighted by molar-refractivity contribution is -0.183. The van der Waals surface area contributed by atoms with Gasteiger partial charge in [-0.3, -0.25) is 9.59 Å².